The van der Waals surface area contributed by atoms with Crippen LogP contribution in [0.3, 0.4) is 0 Å². The van der Waals surface area contributed by atoms with Gasteiger partial charge in [0.25, 0.3) is 0 Å². The van der Waals surface area contributed by atoms with E-state index in [9.17, 15) is 20.1 Å². The minimum absolute atomic E-state index is 0.269. The van der Waals surface area contributed by atoms with E-state index in [0.29, 0.717) is 18.4 Å². The van der Waals surface area contributed by atoms with Gasteiger partial charge in [-0.1, -0.05) is 13.0 Å². The third-order valence-electron chi connectivity index (χ3n) is 4.19. The minimum Gasteiger partial charge on any atom is -0.478 e. The van der Waals surface area contributed by atoms with Crippen LogP contribution in [-0.4, -0.2) is 75.4 Å². The van der Waals surface area contributed by atoms with Crippen LogP contribution < -0.4 is 0 Å². The summed E-state index contributed by atoms with van der Waals surface area (Å²) in [5, 5.41) is 47.0. The summed E-state index contributed by atoms with van der Waals surface area (Å²) in [6.45, 7) is 3.33. The molecule has 24 heavy (non-hydrogen) atoms. The maximum absolute atomic E-state index is 10.7. The highest BCUT2D eigenvalue weighted by atomic mass is 16.7. The Kier molecular flexibility index (Phi) is 8.82. The van der Waals surface area contributed by atoms with Crippen molar-refractivity contribution in [3.8, 4) is 0 Å². The monoisotopic (exact) mass is 348 g/mol. The predicted molar refractivity (Wildman–Crippen MR) is 84.1 cm³/mol. The van der Waals surface area contributed by atoms with Crippen LogP contribution in [0.2, 0.25) is 0 Å². The molecule has 0 aliphatic carbocycles. The molecule has 5 N–H and O–H groups in total. The summed E-state index contributed by atoms with van der Waals surface area (Å²) in [7, 11) is 0. The van der Waals surface area contributed by atoms with Crippen molar-refractivity contribution in [3.05, 3.63) is 11.6 Å². The number of carboxylic acids is 1. The van der Waals surface area contributed by atoms with E-state index in [0.717, 1.165) is 6.42 Å². The molecule has 1 rings (SSSR count). The minimum atomic E-state index is -1.44. The number of aliphatic carboxylic acids is 1. The summed E-state index contributed by atoms with van der Waals surface area (Å²) in [4.78, 5) is 10.7. The zero-order valence-corrected chi connectivity index (χ0v) is 14.0. The normalized spacial score (nSPS) is 32.6. The number of allylic oxidation sites excluding steroid dienone is 1. The fourth-order valence-electron chi connectivity index (χ4n) is 2.41. The Labute approximate surface area is 141 Å². The van der Waals surface area contributed by atoms with Crippen LogP contribution in [0, 0.1) is 5.92 Å². The molecule has 0 saturated carbocycles. The van der Waals surface area contributed by atoms with E-state index in [1.165, 1.54) is 0 Å². The maximum Gasteiger partial charge on any atom is 0.330 e. The zero-order chi connectivity index (χ0) is 18.3. The molecule has 0 radical (unpaired) electrons. The van der Waals surface area contributed by atoms with Crippen LogP contribution in [0.25, 0.3) is 0 Å². The second kappa shape index (κ2) is 10.1. The van der Waals surface area contributed by atoms with Crippen molar-refractivity contribution in [3.63, 3.8) is 0 Å². The lowest BCUT2D eigenvalue weighted by molar-refractivity contribution is -0.301. The summed E-state index contributed by atoms with van der Waals surface area (Å²) in [6.07, 6.45) is -2.53. The molecule has 0 aromatic carbocycles. The van der Waals surface area contributed by atoms with Gasteiger partial charge >= 0.3 is 5.97 Å². The van der Waals surface area contributed by atoms with E-state index in [1.54, 1.807) is 13.0 Å². The van der Waals surface area contributed by atoms with Gasteiger partial charge in [0.2, 0.25) is 0 Å². The Hall–Kier alpha value is -1.03. The third-order valence-corrected chi connectivity index (χ3v) is 4.19. The first-order valence-electron chi connectivity index (χ1n) is 8.10. The number of ether oxygens (including phenoxy) is 2. The number of carboxylic acid groups (broad SMARTS) is 1. The molecule has 0 aromatic rings. The molecule has 1 fully saturated rings. The second-order valence-corrected chi connectivity index (χ2v) is 6.23. The van der Waals surface area contributed by atoms with Gasteiger partial charge in [-0.25, -0.2) is 4.79 Å². The number of carbonyl (C=O) groups is 1. The van der Waals surface area contributed by atoms with Gasteiger partial charge in [-0.3, -0.25) is 0 Å². The highest BCUT2D eigenvalue weighted by Gasteiger charge is 2.43. The van der Waals surface area contributed by atoms with Gasteiger partial charge in [0.1, 0.15) is 24.4 Å². The van der Waals surface area contributed by atoms with Crippen LogP contribution in [0.15, 0.2) is 11.6 Å². The lowest BCUT2D eigenvalue weighted by atomic mass is 9.99. The van der Waals surface area contributed by atoms with Gasteiger partial charge < -0.3 is 35.0 Å². The van der Waals surface area contributed by atoms with Crippen molar-refractivity contribution in [2.45, 2.75) is 63.8 Å². The molecule has 0 spiro atoms. The fraction of sp³-hybridized carbons (Fsp3) is 0.812. The molecule has 8 nitrogen and oxygen atoms in total. The Bertz CT molecular complexity index is 422. The van der Waals surface area contributed by atoms with Crippen LogP contribution in [0.1, 0.15) is 33.1 Å². The van der Waals surface area contributed by atoms with Crippen molar-refractivity contribution in [2.24, 2.45) is 5.92 Å². The Morgan fingerprint density at radius 3 is 2.46 bits per heavy atom. The fourth-order valence-corrected chi connectivity index (χ4v) is 2.41. The van der Waals surface area contributed by atoms with Gasteiger partial charge in [-0.15, -0.1) is 0 Å². The third kappa shape index (κ3) is 6.12. The molecule has 140 valence electrons. The van der Waals surface area contributed by atoms with Gasteiger partial charge in [-0.2, -0.15) is 0 Å². The summed E-state index contributed by atoms with van der Waals surface area (Å²) >= 11 is 0. The molecule has 1 heterocycles. The average Bonchev–Trinajstić information content (AvgIpc) is 2.54. The molecule has 0 unspecified atom stereocenters. The number of hydrogen-bond donors (Lipinski definition) is 5. The molecule has 0 bridgehead atoms. The predicted octanol–water partition coefficient (Wildman–Crippen LogP) is -0.360. The molecule has 1 saturated heterocycles. The standard InChI is InChI=1S/C16H28O8/c1-9(4-3-5-10(2)15(21)22)6-7-23-16-14(20)13(19)12(18)11(8-17)24-16/h5,9,11-14,16-20H,3-4,6-8H2,1-2H3,(H,21,22)/b10-5+/t9-,11+,12+,13-,14+,16+/m1/s1. The van der Waals surface area contributed by atoms with Gasteiger partial charge in [0.05, 0.1) is 13.2 Å². The van der Waals surface area contributed by atoms with Crippen LogP contribution in [-0.2, 0) is 14.3 Å². The molecule has 1 aliphatic heterocycles. The first-order valence-corrected chi connectivity index (χ1v) is 8.10. The van der Waals surface area contributed by atoms with Crippen molar-refractivity contribution >= 4 is 5.97 Å². The molecule has 6 atom stereocenters. The lowest BCUT2D eigenvalue weighted by Crippen LogP contribution is -2.59. The van der Waals surface area contributed by atoms with E-state index >= 15 is 0 Å². The molecular formula is C16H28O8. The molecular weight excluding hydrogens is 320 g/mol. The van der Waals surface area contributed by atoms with Crippen LogP contribution >= 0.6 is 0 Å². The topological polar surface area (TPSA) is 137 Å². The molecule has 0 aromatic heterocycles. The van der Waals surface area contributed by atoms with Crippen LogP contribution in [0.4, 0.5) is 0 Å². The lowest BCUT2D eigenvalue weighted by Gasteiger charge is -2.39. The number of hydrogen-bond acceptors (Lipinski definition) is 7. The first kappa shape index (κ1) is 21.0. The smallest absolute Gasteiger partial charge is 0.330 e. The first-order chi connectivity index (χ1) is 11.3. The Balaban J connectivity index is 2.33. The molecule has 1 aliphatic rings. The van der Waals surface area contributed by atoms with E-state index in [-0.39, 0.29) is 12.5 Å². The summed E-state index contributed by atoms with van der Waals surface area (Å²) in [5.41, 5.74) is 0.319. The summed E-state index contributed by atoms with van der Waals surface area (Å²) in [6, 6.07) is 0. The van der Waals surface area contributed by atoms with Gasteiger partial charge in [0, 0.05) is 5.57 Å². The van der Waals surface area contributed by atoms with Crippen molar-refractivity contribution in [1.29, 1.82) is 0 Å². The second-order valence-electron chi connectivity index (χ2n) is 6.23. The number of rotatable bonds is 9. The summed E-state index contributed by atoms with van der Waals surface area (Å²) < 4.78 is 10.7. The van der Waals surface area contributed by atoms with Crippen molar-refractivity contribution < 1.29 is 39.8 Å². The highest BCUT2D eigenvalue weighted by Crippen LogP contribution is 2.22. The number of aliphatic hydroxyl groups is 4. The quantitative estimate of drug-likeness (QED) is 0.356. The zero-order valence-electron chi connectivity index (χ0n) is 14.0. The van der Waals surface area contributed by atoms with Crippen molar-refractivity contribution in [1.82, 2.24) is 0 Å². The highest BCUT2D eigenvalue weighted by molar-refractivity contribution is 5.85. The SMILES string of the molecule is C/C(=C\CC[C@@H](C)CCO[C@H]1O[C@@H](CO)[C@H](O)[C@@H](O)[C@@H]1O)C(=O)O. The van der Waals surface area contributed by atoms with E-state index in [2.05, 4.69) is 0 Å². The number of aliphatic hydroxyl groups excluding tert-OH is 4. The van der Waals surface area contributed by atoms with Gasteiger partial charge in [0.15, 0.2) is 6.29 Å². The molecule has 8 heteroatoms. The van der Waals surface area contributed by atoms with E-state index in [1.807, 2.05) is 6.92 Å². The van der Waals surface area contributed by atoms with Gasteiger partial charge in [-0.05, 0) is 32.1 Å². The Morgan fingerprint density at radius 1 is 1.21 bits per heavy atom. The van der Waals surface area contributed by atoms with Crippen LogP contribution in [0.5, 0.6) is 0 Å². The Morgan fingerprint density at radius 2 is 1.88 bits per heavy atom. The van der Waals surface area contributed by atoms with E-state index in [4.69, 9.17) is 19.7 Å². The maximum atomic E-state index is 10.7. The largest absolute Gasteiger partial charge is 0.478 e. The molecule has 0 amide bonds. The summed E-state index contributed by atoms with van der Waals surface area (Å²) in [5.74, 6) is -0.652. The van der Waals surface area contributed by atoms with Crippen molar-refractivity contribution in [2.75, 3.05) is 13.2 Å². The average molecular weight is 348 g/mol. The van der Waals surface area contributed by atoms with E-state index < -0.39 is 43.3 Å².